The van der Waals surface area contributed by atoms with Crippen LogP contribution in [0.3, 0.4) is 0 Å². The van der Waals surface area contributed by atoms with Gasteiger partial charge in [0.1, 0.15) is 18.5 Å². The number of carbonyl (C=O) groups excluding carboxylic acids is 3. The molecule has 1 unspecified atom stereocenters. The van der Waals surface area contributed by atoms with Crippen LogP contribution < -0.4 is 10.6 Å². The van der Waals surface area contributed by atoms with E-state index in [0.29, 0.717) is 12.3 Å². The predicted molar refractivity (Wildman–Crippen MR) is 102 cm³/mol. The maximum absolute atomic E-state index is 12.6. The summed E-state index contributed by atoms with van der Waals surface area (Å²) < 4.78 is 11.7. The number of pyridine rings is 1. The van der Waals surface area contributed by atoms with Crippen molar-refractivity contribution in [2.75, 3.05) is 25.6 Å². The second-order valence-electron chi connectivity index (χ2n) is 6.57. The van der Waals surface area contributed by atoms with Gasteiger partial charge in [-0.15, -0.1) is 0 Å². The zero-order valence-corrected chi connectivity index (χ0v) is 16.3. The smallest absolute Gasteiger partial charge is 0.325 e. The Morgan fingerprint density at radius 2 is 2.10 bits per heavy atom. The average molecular weight is 401 g/mol. The topological polar surface area (TPSA) is 124 Å². The van der Waals surface area contributed by atoms with Gasteiger partial charge < -0.3 is 20.1 Å². The number of nitrogens with one attached hydrogen (secondary N) is 2. The summed E-state index contributed by atoms with van der Waals surface area (Å²) in [5.74, 6) is -1.68. The van der Waals surface area contributed by atoms with Crippen LogP contribution in [0.2, 0.25) is 0 Å². The first kappa shape index (κ1) is 20.5. The highest BCUT2D eigenvalue weighted by molar-refractivity contribution is 6.07. The number of nitrogens with zero attached hydrogens (tertiary/aromatic N) is 3. The van der Waals surface area contributed by atoms with E-state index in [1.165, 1.54) is 11.8 Å². The minimum Gasteiger partial charge on any atom is -0.468 e. The molecule has 0 spiro atoms. The van der Waals surface area contributed by atoms with Crippen molar-refractivity contribution in [2.45, 2.75) is 32.4 Å². The molecule has 0 radical (unpaired) electrons. The molecule has 1 atom stereocenters. The van der Waals surface area contributed by atoms with Crippen molar-refractivity contribution in [3.8, 4) is 0 Å². The molecule has 0 saturated carbocycles. The van der Waals surface area contributed by atoms with Gasteiger partial charge in [-0.1, -0.05) is 6.07 Å². The fourth-order valence-corrected chi connectivity index (χ4v) is 2.89. The van der Waals surface area contributed by atoms with Gasteiger partial charge in [0.15, 0.2) is 5.69 Å². The Kier molecular flexibility index (Phi) is 6.55. The molecule has 2 aromatic rings. The molecule has 29 heavy (non-hydrogen) atoms. The molecule has 1 saturated heterocycles. The molecule has 0 aromatic carbocycles. The number of methoxy groups -OCH3 is 1. The van der Waals surface area contributed by atoms with Crippen LogP contribution in [0.4, 0.5) is 5.69 Å². The third kappa shape index (κ3) is 5.17. The number of aryl methyl sites for hydroxylation is 1. The summed E-state index contributed by atoms with van der Waals surface area (Å²) in [7, 11) is 1.23. The lowest BCUT2D eigenvalue weighted by Gasteiger charge is -2.22. The highest BCUT2D eigenvalue weighted by atomic mass is 16.5. The first-order valence-corrected chi connectivity index (χ1v) is 9.28. The van der Waals surface area contributed by atoms with Crippen molar-refractivity contribution in [1.82, 2.24) is 20.1 Å². The first-order chi connectivity index (χ1) is 14.0. The van der Waals surface area contributed by atoms with Gasteiger partial charge in [0.05, 0.1) is 19.0 Å². The largest absolute Gasteiger partial charge is 0.468 e. The Bertz CT molecular complexity index is 904. The Labute approximate surface area is 167 Å². The van der Waals surface area contributed by atoms with Gasteiger partial charge in [0.2, 0.25) is 0 Å². The predicted octanol–water partition coefficient (Wildman–Crippen LogP) is 1.44. The summed E-state index contributed by atoms with van der Waals surface area (Å²) in [6.45, 7) is 2.07. The molecule has 1 fully saturated rings. The Hall–Kier alpha value is -3.27. The van der Waals surface area contributed by atoms with E-state index in [2.05, 4.69) is 25.5 Å². The summed E-state index contributed by atoms with van der Waals surface area (Å²) in [5.41, 5.74) is 1.09. The van der Waals surface area contributed by atoms with Crippen LogP contribution in [-0.4, -0.2) is 52.8 Å². The van der Waals surface area contributed by atoms with Crippen molar-refractivity contribution in [1.29, 1.82) is 0 Å². The lowest BCUT2D eigenvalue weighted by Crippen LogP contribution is -2.31. The molecule has 0 bridgehead atoms. The normalized spacial score (nSPS) is 16.1. The molecule has 3 heterocycles. The van der Waals surface area contributed by atoms with Crippen LogP contribution in [0.5, 0.6) is 0 Å². The summed E-state index contributed by atoms with van der Waals surface area (Å²) in [4.78, 5) is 40.6. The van der Waals surface area contributed by atoms with Crippen molar-refractivity contribution in [3.63, 3.8) is 0 Å². The van der Waals surface area contributed by atoms with Crippen LogP contribution in [0, 0.1) is 6.92 Å². The number of hydrogen-bond donors (Lipinski definition) is 2. The number of ether oxygens (including phenoxy) is 2. The molecule has 2 amide bonds. The number of carbonyl (C=O) groups is 3. The van der Waals surface area contributed by atoms with Crippen molar-refractivity contribution in [2.24, 2.45) is 0 Å². The number of amides is 2. The molecule has 1 aliphatic heterocycles. The molecule has 2 aromatic heterocycles. The Morgan fingerprint density at radius 3 is 2.79 bits per heavy atom. The zero-order chi connectivity index (χ0) is 20.8. The molecule has 1 aliphatic rings. The maximum Gasteiger partial charge on any atom is 0.325 e. The zero-order valence-electron chi connectivity index (χ0n) is 16.3. The minimum absolute atomic E-state index is 0.0240. The number of anilines is 1. The summed E-state index contributed by atoms with van der Waals surface area (Å²) in [6.07, 6.45) is 3.92. The Balaban J connectivity index is 1.84. The number of hydrogen-bond acceptors (Lipinski definition) is 7. The Morgan fingerprint density at radius 1 is 1.28 bits per heavy atom. The van der Waals surface area contributed by atoms with E-state index in [1.807, 2.05) is 0 Å². The molecular formula is C19H23N5O5. The van der Waals surface area contributed by atoms with Gasteiger partial charge in [-0.05, 0) is 38.3 Å². The molecule has 154 valence electrons. The van der Waals surface area contributed by atoms with E-state index >= 15 is 0 Å². The van der Waals surface area contributed by atoms with E-state index in [-0.39, 0.29) is 29.8 Å². The third-order valence-electron chi connectivity index (χ3n) is 4.39. The first-order valence-electron chi connectivity index (χ1n) is 9.28. The van der Waals surface area contributed by atoms with Gasteiger partial charge in [-0.25, -0.2) is 9.67 Å². The van der Waals surface area contributed by atoms with Crippen molar-refractivity contribution >= 4 is 23.5 Å². The lowest BCUT2D eigenvalue weighted by atomic mass is 10.2. The highest BCUT2D eigenvalue weighted by Gasteiger charge is 2.24. The van der Waals surface area contributed by atoms with E-state index in [4.69, 9.17) is 4.74 Å². The van der Waals surface area contributed by atoms with Crippen LogP contribution in [0.1, 0.15) is 52.2 Å². The second kappa shape index (κ2) is 9.28. The molecule has 10 nitrogen and oxygen atoms in total. The van der Waals surface area contributed by atoms with Gasteiger partial charge in [0, 0.05) is 12.3 Å². The van der Waals surface area contributed by atoms with Crippen LogP contribution in [0.25, 0.3) is 0 Å². The van der Waals surface area contributed by atoms with Crippen molar-refractivity contribution < 1.29 is 23.9 Å². The van der Waals surface area contributed by atoms with Gasteiger partial charge >= 0.3 is 5.97 Å². The van der Waals surface area contributed by atoms with Crippen molar-refractivity contribution in [3.05, 3.63) is 41.5 Å². The van der Waals surface area contributed by atoms with Gasteiger partial charge in [-0.2, -0.15) is 5.10 Å². The molecule has 10 heteroatoms. The standard InChI is InChI=1S/C19H23N5O5/c1-12-6-5-7-13(21-12)18(26)22-14-11-24(15-8-3-4-9-29-15)23-17(14)19(27)20-10-16(25)28-2/h5-7,11,15H,3-4,8-10H2,1-2H3,(H,20,27)(H,22,26). The molecular weight excluding hydrogens is 378 g/mol. The summed E-state index contributed by atoms with van der Waals surface area (Å²) >= 11 is 0. The minimum atomic E-state index is -0.613. The quantitative estimate of drug-likeness (QED) is 0.702. The number of aromatic nitrogens is 3. The van der Waals surface area contributed by atoms with Crippen LogP contribution in [0.15, 0.2) is 24.4 Å². The van der Waals surface area contributed by atoms with Crippen LogP contribution >= 0.6 is 0 Å². The summed E-state index contributed by atoms with van der Waals surface area (Å²) in [6, 6.07) is 5.08. The fraction of sp³-hybridized carbons (Fsp3) is 0.421. The summed E-state index contributed by atoms with van der Waals surface area (Å²) in [5, 5.41) is 9.40. The van der Waals surface area contributed by atoms with Gasteiger partial charge in [0.25, 0.3) is 11.8 Å². The highest BCUT2D eigenvalue weighted by Crippen LogP contribution is 2.25. The monoisotopic (exact) mass is 401 g/mol. The van der Waals surface area contributed by atoms with Gasteiger partial charge in [-0.3, -0.25) is 14.4 Å². The maximum atomic E-state index is 12.6. The third-order valence-corrected chi connectivity index (χ3v) is 4.39. The second-order valence-corrected chi connectivity index (χ2v) is 6.57. The average Bonchev–Trinajstić information content (AvgIpc) is 3.16. The molecule has 3 rings (SSSR count). The molecule has 2 N–H and O–H groups in total. The van der Waals surface area contributed by atoms with E-state index in [9.17, 15) is 14.4 Å². The molecule has 0 aliphatic carbocycles. The van der Waals surface area contributed by atoms with E-state index in [0.717, 1.165) is 19.3 Å². The number of rotatable bonds is 6. The lowest BCUT2D eigenvalue weighted by molar-refractivity contribution is -0.139. The SMILES string of the molecule is COC(=O)CNC(=O)c1nn(C2CCCCO2)cc1NC(=O)c1cccc(C)n1. The van der Waals surface area contributed by atoms with E-state index < -0.39 is 17.8 Å². The van der Waals surface area contributed by atoms with E-state index in [1.54, 1.807) is 31.3 Å². The number of esters is 1. The fourth-order valence-electron chi connectivity index (χ4n) is 2.89. The van der Waals surface area contributed by atoms with Crippen LogP contribution in [-0.2, 0) is 14.3 Å².